The van der Waals surface area contributed by atoms with E-state index in [0.29, 0.717) is 5.02 Å². The summed E-state index contributed by atoms with van der Waals surface area (Å²) >= 11 is 10.9. The Balaban J connectivity index is 2.02. The Morgan fingerprint density at radius 3 is 2.71 bits per heavy atom. The summed E-state index contributed by atoms with van der Waals surface area (Å²) in [4.78, 5) is 0. The van der Waals surface area contributed by atoms with Crippen LogP contribution < -0.4 is 10.6 Å². The van der Waals surface area contributed by atoms with E-state index in [1.165, 1.54) is 6.42 Å². The highest BCUT2D eigenvalue weighted by Gasteiger charge is 1.96. The van der Waals surface area contributed by atoms with Crippen molar-refractivity contribution in [3.63, 3.8) is 0 Å². The summed E-state index contributed by atoms with van der Waals surface area (Å²) in [6, 6.07) is 0. The molecule has 0 radical (unpaired) electrons. The van der Waals surface area contributed by atoms with E-state index in [9.17, 15) is 0 Å². The Labute approximate surface area is 113 Å². The minimum atomic E-state index is 0.676. The van der Waals surface area contributed by atoms with Crippen LogP contribution in [0.15, 0.2) is 12.4 Å². The van der Waals surface area contributed by atoms with Gasteiger partial charge in [-0.05, 0) is 25.1 Å². The molecule has 0 atom stereocenters. The molecule has 0 aliphatic carbocycles. The molecule has 0 aromatic carbocycles. The third-order valence-corrected chi connectivity index (χ3v) is 2.75. The topological polar surface area (TPSA) is 41.9 Å². The van der Waals surface area contributed by atoms with E-state index >= 15 is 0 Å². The fraction of sp³-hybridized carbons (Fsp3) is 0.636. The number of aromatic nitrogens is 2. The number of halogens is 1. The SMILES string of the molecule is CCCCNC(=S)NCCCn1cc(Cl)cn1. The number of hydrogen-bond donors (Lipinski definition) is 2. The van der Waals surface area contributed by atoms with Crippen molar-refractivity contribution >= 4 is 28.9 Å². The molecular weight excluding hydrogens is 256 g/mol. The maximum absolute atomic E-state index is 5.76. The van der Waals surface area contributed by atoms with Gasteiger partial charge in [0.15, 0.2) is 5.11 Å². The largest absolute Gasteiger partial charge is 0.363 e. The highest BCUT2D eigenvalue weighted by atomic mass is 35.5. The quantitative estimate of drug-likeness (QED) is 0.591. The van der Waals surface area contributed by atoms with Crippen LogP contribution in [0.5, 0.6) is 0 Å². The third kappa shape index (κ3) is 6.48. The number of hydrogen-bond acceptors (Lipinski definition) is 2. The highest BCUT2D eigenvalue weighted by molar-refractivity contribution is 7.80. The van der Waals surface area contributed by atoms with Crippen molar-refractivity contribution < 1.29 is 0 Å². The van der Waals surface area contributed by atoms with Crippen LogP contribution >= 0.6 is 23.8 Å². The van der Waals surface area contributed by atoms with Gasteiger partial charge in [0.2, 0.25) is 0 Å². The molecular formula is C11H19ClN4S. The molecule has 1 aromatic rings. The molecule has 1 rings (SSSR count). The molecule has 0 unspecified atom stereocenters. The zero-order valence-electron chi connectivity index (χ0n) is 10.1. The van der Waals surface area contributed by atoms with Crippen molar-refractivity contribution in [3.8, 4) is 0 Å². The Bertz CT molecular complexity index is 340. The summed E-state index contributed by atoms with van der Waals surface area (Å²) in [7, 11) is 0. The summed E-state index contributed by atoms with van der Waals surface area (Å²) in [6.45, 7) is 4.79. The number of aryl methyl sites for hydroxylation is 1. The molecule has 2 N–H and O–H groups in total. The van der Waals surface area contributed by atoms with Crippen LogP contribution in [0.2, 0.25) is 5.02 Å². The second kappa shape index (κ2) is 8.31. The van der Waals surface area contributed by atoms with Gasteiger partial charge in [-0.3, -0.25) is 4.68 Å². The van der Waals surface area contributed by atoms with E-state index in [0.717, 1.165) is 37.6 Å². The maximum atomic E-state index is 5.76. The molecule has 1 heterocycles. The summed E-state index contributed by atoms with van der Waals surface area (Å²) in [5, 5.41) is 11.8. The molecule has 4 nitrogen and oxygen atoms in total. The Hall–Kier alpha value is -0.810. The van der Waals surface area contributed by atoms with Crippen molar-refractivity contribution in [2.75, 3.05) is 13.1 Å². The highest BCUT2D eigenvalue weighted by Crippen LogP contribution is 2.04. The first-order chi connectivity index (χ1) is 8.22. The van der Waals surface area contributed by atoms with E-state index in [-0.39, 0.29) is 0 Å². The van der Waals surface area contributed by atoms with Gasteiger partial charge in [0.25, 0.3) is 0 Å². The summed E-state index contributed by atoms with van der Waals surface area (Å²) in [6.07, 6.45) is 6.75. The molecule has 0 fully saturated rings. The Kier molecular flexibility index (Phi) is 6.96. The Morgan fingerprint density at radius 2 is 2.12 bits per heavy atom. The molecule has 0 saturated carbocycles. The van der Waals surface area contributed by atoms with E-state index in [1.54, 1.807) is 6.20 Å². The van der Waals surface area contributed by atoms with Crippen LogP contribution in [0.3, 0.4) is 0 Å². The van der Waals surface area contributed by atoms with Gasteiger partial charge in [0.1, 0.15) is 0 Å². The van der Waals surface area contributed by atoms with Crippen LogP contribution in [-0.2, 0) is 6.54 Å². The second-order valence-corrected chi connectivity index (χ2v) is 4.66. The molecule has 0 bridgehead atoms. The van der Waals surface area contributed by atoms with Gasteiger partial charge in [-0.15, -0.1) is 0 Å². The maximum Gasteiger partial charge on any atom is 0.166 e. The van der Waals surface area contributed by atoms with Crippen molar-refractivity contribution in [2.24, 2.45) is 0 Å². The first kappa shape index (κ1) is 14.3. The summed E-state index contributed by atoms with van der Waals surface area (Å²) in [5.41, 5.74) is 0. The fourth-order valence-corrected chi connectivity index (χ4v) is 1.71. The number of nitrogens with zero attached hydrogens (tertiary/aromatic N) is 2. The lowest BCUT2D eigenvalue weighted by Crippen LogP contribution is -2.36. The molecule has 6 heteroatoms. The number of unbranched alkanes of at least 4 members (excludes halogenated alkanes) is 1. The minimum absolute atomic E-state index is 0.676. The molecule has 0 saturated heterocycles. The normalized spacial score (nSPS) is 10.2. The lowest BCUT2D eigenvalue weighted by molar-refractivity contribution is 0.571. The lowest BCUT2D eigenvalue weighted by atomic mass is 10.3. The third-order valence-electron chi connectivity index (χ3n) is 2.27. The first-order valence-corrected chi connectivity index (χ1v) is 6.70. The predicted octanol–water partition coefficient (Wildman–Crippen LogP) is 2.19. The molecule has 17 heavy (non-hydrogen) atoms. The molecule has 1 aromatic heterocycles. The van der Waals surface area contributed by atoms with Gasteiger partial charge >= 0.3 is 0 Å². The van der Waals surface area contributed by atoms with Crippen molar-refractivity contribution in [3.05, 3.63) is 17.4 Å². The molecule has 0 aliphatic rings. The smallest absolute Gasteiger partial charge is 0.166 e. The monoisotopic (exact) mass is 274 g/mol. The van der Waals surface area contributed by atoms with Crippen LogP contribution in [-0.4, -0.2) is 28.0 Å². The summed E-state index contributed by atoms with van der Waals surface area (Å²) in [5.74, 6) is 0. The van der Waals surface area contributed by atoms with E-state index < -0.39 is 0 Å². The van der Waals surface area contributed by atoms with E-state index in [1.807, 2.05) is 10.9 Å². The van der Waals surface area contributed by atoms with Crippen LogP contribution in [0.4, 0.5) is 0 Å². The summed E-state index contributed by atoms with van der Waals surface area (Å²) < 4.78 is 1.83. The molecule has 96 valence electrons. The molecule has 0 spiro atoms. The zero-order chi connectivity index (χ0) is 12.5. The fourth-order valence-electron chi connectivity index (χ4n) is 1.34. The van der Waals surface area contributed by atoms with Crippen molar-refractivity contribution in [1.82, 2.24) is 20.4 Å². The van der Waals surface area contributed by atoms with Crippen molar-refractivity contribution in [1.29, 1.82) is 0 Å². The predicted molar refractivity (Wildman–Crippen MR) is 75.4 cm³/mol. The van der Waals surface area contributed by atoms with Gasteiger partial charge in [-0.2, -0.15) is 5.10 Å². The average Bonchev–Trinajstić information content (AvgIpc) is 2.71. The number of thiocarbonyl (C=S) groups is 1. The van der Waals surface area contributed by atoms with Crippen LogP contribution in [0, 0.1) is 0 Å². The lowest BCUT2D eigenvalue weighted by Gasteiger charge is -2.09. The first-order valence-electron chi connectivity index (χ1n) is 5.92. The van der Waals surface area contributed by atoms with E-state index in [4.69, 9.17) is 23.8 Å². The standard InChI is InChI=1S/C11H19ClN4S/c1-2-3-5-13-11(17)14-6-4-7-16-9-10(12)8-15-16/h8-9H,2-7H2,1H3,(H2,13,14,17). The number of nitrogens with one attached hydrogen (secondary N) is 2. The minimum Gasteiger partial charge on any atom is -0.363 e. The van der Waals surface area contributed by atoms with Gasteiger partial charge in [0, 0.05) is 25.8 Å². The van der Waals surface area contributed by atoms with Gasteiger partial charge in [-0.1, -0.05) is 24.9 Å². The van der Waals surface area contributed by atoms with Gasteiger partial charge in [0.05, 0.1) is 11.2 Å². The molecule has 0 aliphatic heterocycles. The van der Waals surface area contributed by atoms with Crippen molar-refractivity contribution in [2.45, 2.75) is 32.7 Å². The Morgan fingerprint density at radius 1 is 1.41 bits per heavy atom. The molecule has 0 amide bonds. The van der Waals surface area contributed by atoms with E-state index in [2.05, 4.69) is 22.7 Å². The van der Waals surface area contributed by atoms with Crippen LogP contribution in [0.25, 0.3) is 0 Å². The number of rotatable bonds is 7. The van der Waals surface area contributed by atoms with Gasteiger partial charge in [-0.25, -0.2) is 0 Å². The second-order valence-electron chi connectivity index (χ2n) is 3.81. The van der Waals surface area contributed by atoms with Gasteiger partial charge < -0.3 is 10.6 Å². The zero-order valence-corrected chi connectivity index (χ0v) is 11.7. The average molecular weight is 275 g/mol. The van der Waals surface area contributed by atoms with Crippen LogP contribution in [0.1, 0.15) is 26.2 Å².